The second kappa shape index (κ2) is 9.87. The molecule has 0 radical (unpaired) electrons. The van der Waals surface area contributed by atoms with Gasteiger partial charge in [0.2, 0.25) is 5.91 Å². The molecule has 0 unspecified atom stereocenters. The van der Waals surface area contributed by atoms with Crippen LogP contribution in [-0.4, -0.2) is 42.9 Å². The predicted octanol–water partition coefficient (Wildman–Crippen LogP) is 4.98. The topological polar surface area (TPSA) is 81.4 Å². The molecule has 3 aromatic heterocycles. The fourth-order valence-electron chi connectivity index (χ4n) is 4.56. The fourth-order valence-corrected chi connectivity index (χ4v) is 6.44. The molecule has 9 heteroatoms. The minimum atomic E-state index is -0.214. The number of thiophene rings is 1. The van der Waals surface area contributed by atoms with Gasteiger partial charge in [-0.15, -0.1) is 21.5 Å². The molecule has 184 valence electrons. The minimum absolute atomic E-state index is 0.00575. The normalized spacial score (nSPS) is 15.9. The first-order valence-electron chi connectivity index (χ1n) is 12.1. The van der Waals surface area contributed by atoms with Crippen LogP contribution in [0.5, 0.6) is 0 Å². The Morgan fingerprint density at radius 2 is 2.09 bits per heavy atom. The molecule has 1 aliphatic rings. The van der Waals surface area contributed by atoms with Crippen LogP contribution in [0, 0.1) is 0 Å². The van der Waals surface area contributed by atoms with Crippen LogP contribution in [0.4, 0.5) is 0 Å². The van der Waals surface area contributed by atoms with Gasteiger partial charge in [-0.1, -0.05) is 49.0 Å². The maximum atomic E-state index is 12.7. The highest BCUT2D eigenvalue weighted by atomic mass is 32.2. The van der Waals surface area contributed by atoms with E-state index in [1.165, 1.54) is 27.8 Å². The van der Waals surface area contributed by atoms with Crippen LogP contribution < -0.4 is 5.32 Å². The number of ether oxygens (including phenoxy) is 1. The quantitative estimate of drug-likeness (QED) is 0.337. The number of nitrogens with zero attached hydrogens (tertiary/aromatic N) is 4. The molecule has 1 aromatic carbocycles. The van der Waals surface area contributed by atoms with Crippen LogP contribution in [0.2, 0.25) is 0 Å². The van der Waals surface area contributed by atoms with Gasteiger partial charge >= 0.3 is 0 Å². The number of aromatic nitrogens is 4. The van der Waals surface area contributed by atoms with Gasteiger partial charge in [0.05, 0.1) is 23.3 Å². The van der Waals surface area contributed by atoms with E-state index in [9.17, 15) is 4.79 Å². The van der Waals surface area contributed by atoms with Crippen molar-refractivity contribution in [3.05, 3.63) is 52.2 Å². The largest absolute Gasteiger partial charge is 0.370 e. The van der Waals surface area contributed by atoms with Gasteiger partial charge in [0.1, 0.15) is 10.7 Å². The number of aryl methyl sites for hydroxylation is 2. The molecular weight excluding hydrogens is 478 g/mol. The van der Waals surface area contributed by atoms with Crippen LogP contribution in [-0.2, 0) is 35.4 Å². The van der Waals surface area contributed by atoms with Crippen molar-refractivity contribution in [3.8, 4) is 0 Å². The number of hydrogen-bond donors (Lipinski definition) is 1. The van der Waals surface area contributed by atoms with Crippen LogP contribution in [0.25, 0.3) is 15.9 Å². The van der Waals surface area contributed by atoms with Gasteiger partial charge in [0.15, 0.2) is 10.8 Å². The van der Waals surface area contributed by atoms with Crippen LogP contribution >= 0.6 is 23.1 Å². The van der Waals surface area contributed by atoms with E-state index in [1.54, 1.807) is 11.3 Å². The summed E-state index contributed by atoms with van der Waals surface area (Å²) in [5, 5.41) is 14.0. The summed E-state index contributed by atoms with van der Waals surface area (Å²) in [6.45, 7) is 8.99. The Morgan fingerprint density at radius 1 is 1.29 bits per heavy atom. The maximum Gasteiger partial charge on any atom is 0.230 e. The second-order valence-corrected chi connectivity index (χ2v) is 11.7. The average molecular weight is 510 g/mol. The molecule has 0 fully saturated rings. The Kier molecular flexibility index (Phi) is 6.83. The highest BCUT2D eigenvalue weighted by molar-refractivity contribution is 7.99. The minimum Gasteiger partial charge on any atom is -0.370 e. The Balaban J connectivity index is 1.32. The van der Waals surface area contributed by atoms with Crippen molar-refractivity contribution in [1.29, 1.82) is 0 Å². The lowest BCUT2D eigenvalue weighted by Crippen LogP contribution is -2.34. The van der Waals surface area contributed by atoms with Crippen molar-refractivity contribution < 1.29 is 9.53 Å². The Hall–Kier alpha value is -2.49. The summed E-state index contributed by atoms with van der Waals surface area (Å²) in [6, 6.07) is 10.5. The number of rotatable bonds is 8. The number of carbonyl (C=O) groups is 1. The van der Waals surface area contributed by atoms with E-state index in [0.29, 0.717) is 17.5 Å². The smallest absolute Gasteiger partial charge is 0.230 e. The zero-order valence-electron chi connectivity index (χ0n) is 20.6. The van der Waals surface area contributed by atoms with E-state index in [4.69, 9.17) is 9.72 Å². The van der Waals surface area contributed by atoms with Crippen LogP contribution in [0.15, 0.2) is 35.5 Å². The molecule has 7 nitrogen and oxygen atoms in total. The van der Waals surface area contributed by atoms with Gasteiger partial charge in [0, 0.05) is 23.8 Å². The predicted molar refractivity (Wildman–Crippen MR) is 141 cm³/mol. The van der Waals surface area contributed by atoms with Gasteiger partial charge in [-0.2, -0.15) is 0 Å². The van der Waals surface area contributed by atoms with Crippen molar-refractivity contribution in [3.63, 3.8) is 0 Å². The van der Waals surface area contributed by atoms with E-state index < -0.39 is 0 Å². The summed E-state index contributed by atoms with van der Waals surface area (Å²) in [7, 11) is 0. The summed E-state index contributed by atoms with van der Waals surface area (Å²) >= 11 is 3.11. The number of hydrogen-bond acceptors (Lipinski definition) is 7. The molecule has 0 bridgehead atoms. The maximum absolute atomic E-state index is 12.7. The molecule has 35 heavy (non-hydrogen) atoms. The van der Waals surface area contributed by atoms with E-state index >= 15 is 0 Å². The first-order valence-corrected chi connectivity index (χ1v) is 13.9. The molecule has 4 heterocycles. The fraction of sp³-hybridized carbons (Fsp3) is 0.462. The molecule has 0 aliphatic carbocycles. The summed E-state index contributed by atoms with van der Waals surface area (Å²) in [4.78, 5) is 19.9. The van der Waals surface area contributed by atoms with E-state index in [2.05, 4.69) is 55.3 Å². The first kappa shape index (κ1) is 24.2. The Morgan fingerprint density at radius 3 is 2.86 bits per heavy atom. The van der Waals surface area contributed by atoms with Gasteiger partial charge < -0.3 is 10.1 Å². The molecule has 0 saturated heterocycles. The zero-order chi connectivity index (χ0) is 24.6. The van der Waals surface area contributed by atoms with E-state index in [-0.39, 0.29) is 17.6 Å². The number of fused-ring (bicyclic) bond motifs is 5. The number of thioether (sulfide) groups is 1. The van der Waals surface area contributed by atoms with Crippen molar-refractivity contribution in [2.24, 2.45) is 0 Å². The van der Waals surface area contributed by atoms with Crippen LogP contribution in [0.1, 0.15) is 55.9 Å². The third-order valence-corrected chi connectivity index (χ3v) is 8.41. The summed E-state index contributed by atoms with van der Waals surface area (Å²) in [5.74, 6) is 1.21. The number of nitrogens with one attached hydrogen (secondary N) is 1. The lowest BCUT2D eigenvalue weighted by molar-refractivity contribution is -0.119. The van der Waals surface area contributed by atoms with Crippen molar-refractivity contribution >= 4 is 44.9 Å². The monoisotopic (exact) mass is 509 g/mol. The molecule has 1 aliphatic heterocycles. The van der Waals surface area contributed by atoms with Crippen molar-refractivity contribution in [2.45, 2.75) is 76.8 Å². The van der Waals surface area contributed by atoms with Gasteiger partial charge in [-0.3, -0.25) is 9.20 Å². The van der Waals surface area contributed by atoms with E-state index in [1.807, 2.05) is 22.6 Å². The summed E-state index contributed by atoms with van der Waals surface area (Å²) in [6.07, 6.45) is 3.42. The standard InChI is InChI=1S/C26H31N5O2S2/c1-5-20-28-24-22(18-13-26(3,4)33-14-19(18)35-24)23-29-30-25(31(20)23)34-15-21(32)27-16(2)11-12-17-9-7-6-8-10-17/h6-10,16H,5,11-15H2,1-4H3,(H,27,32)/t16-/m0/s1. The molecule has 0 spiro atoms. The molecule has 1 amide bonds. The molecule has 0 saturated carbocycles. The number of benzene rings is 1. The third kappa shape index (κ3) is 5.08. The third-order valence-electron chi connectivity index (χ3n) is 6.38. The summed E-state index contributed by atoms with van der Waals surface area (Å²) < 4.78 is 8.06. The molecular formula is C26H31N5O2S2. The van der Waals surface area contributed by atoms with E-state index in [0.717, 1.165) is 47.4 Å². The molecule has 4 aromatic rings. The highest BCUT2D eigenvalue weighted by Crippen LogP contribution is 2.40. The van der Waals surface area contributed by atoms with Crippen LogP contribution in [0.3, 0.4) is 0 Å². The summed E-state index contributed by atoms with van der Waals surface area (Å²) in [5.41, 5.74) is 3.18. The highest BCUT2D eigenvalue weighted by Gasteiger charge is 2.31. The number of carbonyl (C=O) groups excluding carboxylic acids is 1. The zero-order valence-corrected chi connectivity index (χ0v) is 22.3. The van der Waals surface area contributed by atoms with Crippen molar-refractivity contribution in [1.82, 2.24) is 24.9 Å². The lowest BCUT2D eigenvalue weighted by atomic mass is 9.94. The SMILES string of the molecule is CCc1nc2sc3c(c2c2nnc(SCC(=O)N[C@@H](C)CCc4ccccc4)n12)CC(C)(C)OC3. The van der Waals surface area contributed by atoms with Gasteiger partial charge in [0.25, 0.3) is 0 Å². The average Bonchev–Trinajstić information content (AvgIpc) is 3.41. The second-order valence-electron chi connectivity index (χ2n) is 9.71. The van der Waals surface area contributed by atoms with Crippen molar-refractivity contribution in [2.75, 3.05) is 5.75 Å². The molecule has 1 N–H and O–H groups in total. The first-order chi connectivity index (χ1) is 16.8. The molecule has 1 atom stereocenters. The Bertz CT molecular complexity index is 1360. The van der Waals surface area contributed by atoms with Gasteiger partial charge in [-0.25, -0.2) is 4.98 Å². The lowest BCUT2D eigenvalue weighted by Gasteiger charge is -2.30. The number of amides is 1. The van der Waals surface area contributed by atoms with Gasteiger partial charge in [-0.05, 0) is 44.7 Å². The Labute approximate surface area is 213 Å². The molecule has 5 rings (SSSR count).